The van der Waals surface area contributed by atoms with E-state index in [1.807, 2.05) is 0 Å². The smallest absolute Gasteiger partial charge is 0.122 e. The Hall–Kier alpha value is -0.630. The molecule has 1 atom stereocenters. The first-order valence-electron chi connectivity index (χ1n) is 7.53. The van der Waals surface area contributed by atoms with Crippen molar-refractivity contribution in [1.29, 1.82) is 5.26 Å². The predicted octanol–water partition coefficient (Wildman–Crippen LogP) is 1.29. The summed E-state index contributed by atoms with van der Waals surface area (Å²) >= 11 is 0. The Morgan fingerprint density at radius 2 is 2.05 bits per heavy atom. The van der Waals surface area contributed by atoms with Crippen molar-refractivity contribution >= 4 is 0 Å². The maximum atomic E-state index is 9.68. The highest BCUT2D eigenvalue weighted by Crippen LogP contribution is 2.40. The minimum absolute atomic E-state index is 0.204. The van der Waals surface area contributed by atoms with E-state index in [1.54, 1.807) is 0 Å². The van der Waals surface area contributed by atoms with Crippen LogP contribution in [0.15, 0.2) is 0 Å². The van der Waals surface area contributed by atoms with E-state index in [0.717, 1.165) is 32.7 Å². The molecule has 1 aliphatic carbocycles. The van der Waals surface area contributed by atoms with Gasteiger partial charge >= 0.3 is 0 Å². The van der Waals surface area contributed by atoms with Crippen LogP contribution in [0.1, 0.15) is 33.6 Å². The van der Waals surface area contributed by atoms with Crippen LogP contribution in [-0.2, 0) is 0 Å². The van der Waals surface area contributed by atoms with E-state index < -0.39 is 0 Å². The molecular weight excluding hydrogens is 236 g/mol. The zero-order valence-corrected chi connectivity index (χ0v) is 12.9. The molecule has 4 nitrogen and oxygen atoms in total. The zero-order valence-electron chi connectivity index (χ0n) is 12.9. The van der Waals surface area contributed by atoms with Crippen molar-refractivity contribution in [3.05, 3.63) is 0 Å². The van der Waals surface area contributed by atoms with Crippen LogP contribution in [0.2, 0.25) is 0 Å². The lowest BCUT2D eigenvalue weighted by Gasteiger charge is -2.47. The first-order chi connectivity index (χ1) is 8.93. The molecule has 1 aliphatic heterocycles. The SMILES string of the molecule is CCNC(C#N)(CN1CCN(C)C(C)(C)C1)C1CC1. The Labute approximate surface area is 117 Å². The van der Waals surface area contributed by atoms with Gasteiger partial charge in [-0.1, -0.05) is 6.92 Å². The van der Waals surface area contributed by atoms with Crippen molar-refractivity contribution in [3.63, 3.8) is 0 Å². The first kappa shape index (κ1) is 14.8. The molecule has 0 spiro atoms. The van der Waals surface area contributed by atoms with E-state index in [4.69, 9.17) is 0 Å². The van der Waals surface area contributed by atoms with Gasteiger partial charge in [0.15, 0.2) is 0 Å². The first-order valence-corrected chi connectivity index (χ1v) is 7.53. The van der Waals surface area contributed by atoms with Crippen molar-refractivity contribution in [2.24, 2.45) is 5.92 Å². The fourth-order valence-electron chi connectivity index (χ4n) is 3.22. The minimum atomic E-state index is -0.319. The average Bonchev–Trinajstić information content (AvgIpc) is 3.17. The maximum absolute atomic E-state index is 9.68. The zero-order chi connectivity index (χ0) is 14.1. The summed E-state index contributed by atoms with van der Waals surface area (Å²) in [6, 6.07) is 2.60. The number of nitrogens with one attached hydrogen (secondary N) is 1. The number of nitrogens with zero attached hydrogens (tertiary/aromatic N) is 3. The second kappa shape index (κ2) is 5.40. The highest BCUT2D eigenvalue weighted by atomic mass is 15.3. The molecule has 0 bridgehead atoms. The summed E-state index contributed by atoms with van der Waals surface area (Å²) in [6.45, 7) is 11.6. The van der Waals surface area contributed by atoms with Gasteiger partial charge in [0.1, 0.15) is 5.54 Å². The molecule has 19 heavy (non-hydrogen) atoms. The van der Waals surface area contributed by atoms with Gasteiger partial charge in [0.25, 0.3) is 0 Å². The minimum Gasteiger partial charge on any atom is -0.299 e. The molecule has 1 heterocycles. The van der Waals surface area contributed by atoms with Gasteiger partial charge in [-0.05, 0) is 46.2 Å². The third kappa shape index (κ3) is 3.10. The molecule has 0 aromatic carbocycles. The van der Waals surface area contributed by atoms with Crippen LogP contribution >= 0.6 is 0 Å². The van der Waals surface area contributed by atoms with E-state index >= 15 is 0 Å². The number of hydrogen-bond acceptors (Lipinski definition) is 4. The van der Waals surface area contributed by atoms with Crippen molar-refractivity contribution in [1.82, 2.24) is 15.1 Å². The summed E-state index contributed by atoms with van der Waals surface area (Å²) in [5.41, 5.74) is -0.115. The van der Waals surface area contributed by atoms with Crippen molar-refractivity contribution in [3.8, 4) is 6.07 Å². The summed E-state index contributed by atoms with van der Waals surface area (Å²) in [6.07, 6.45) is 2.41. The van der Waals surface area contributed by atoms with Crippen molar-refractivity contribution < 1.29 is 0 Å². The molecule has 0 radical (unpaired) electrons. The Morgan fingerprint density at radius 1 is 1.37 bits per heavy atom. The molecule has 2 rings (SSSR count). The van der Waals surface area contributed by atoms with Gasteiger partial charge in [0.05, 0.1) is 6.07 Å². The average molecular weight is 264 g/mol. The van der Waals surface area contributed by atoms with Gasteiger partial charge in [-0.25, -0.2) is 0 Å². The van der Waals surface area contributed by atoms with Crippen LogP contribution in [0.25, 0.3) is 0 Å². The van der Waals surface area contributed by atoms with Gasteiger partial charge in [-0.15, -0.1) is 0 Å². The number of likely N-dealkylation sites (N-methyl/N-ethyl adjacent to an activating group) is 2. The fourth-order valence-corrected chi connectivity index (χ4v) is 3.22. The molecular formula is C15H28N4. The Morgan fingerprint density at radius 3 is 2.53 bits per heavy atom. The maximum Gasteiger partial charge on any atom is 0.122 e. The molecule has 0 aromatic heterocycles. The number of nitriles is 1. The number of hydrogen-bond donors (Lipinski definition) is 1. The highest BCUT2D eigenvalue weighted by Gasteiger charge is 2.47. The van der Waals surface area contributed by atoms with Crippen LogP contribution < -0.4 is 5.32 Å². The molecule has 2 fully saturated rings. The number of piperazine rings is 1. The molecule has 1 saturated heterocycles. The summed E-state index contributed by atoms with van der Waals surface area (Å²) in [7, 11) is 2.19. The summed E-state index contributed by atoms with van der Waals surface area (Å²) < 4.78 is 0. The quantitative estimate of drug-likeness (QED) is 0.812. The van der Waals surface area contributed by atoms with E-state index in [2.05, 4.69) is 49.0 Å². The molecule has 4 heteroatoms. The third-order valence-corrected chi connectivity index (χ3v) is 4.83. The molecule has 108 valence electrons. The van der Waals surface area contributed by atoms with E-state index in [1.165, 1.54) is 12.8 Å². The molecule has 0 aromatic rings. The van der Waals surface area contributed by atoms with Gasteiger partial charge < -0.3 is 0 Å². The van der Waals surface area contributed by atoms with Crippen molar-refractivity contribution in [2.75, 3.05) is 39.8 Å². The summed E-state index contributed by atoms with van der Waals surface area (Å²) in [5, 5.41) is 13.2. The Kier molecular flexibility index (Phi) is 4.20. The topological polar surface area (TPSA) is 42.3 Å². The van der Waals surface area contributed by atoms with Crippen LogP contribution in [0.5, 0.6) is 0 Å². The van der Waals surface area contributed by atoms with Gasteiger partial charge in [-0.3, -0.25) is 15.1 Å². The third-order valence-electron chi connectivity index (χ3n) is 4.83. The van der Waals surface area contributed by atoms with Crippen LogP contribution in [0.3, 0.4) is 0 Å². The van der Waals surface area contributed by atoms with E-state index in [9.17, 15) is 5.26 Å². The molecule has 1 N–H and O–H groups in total. The standard InChI is InChI=1S/C15H28N4/c1-5-17-15(10-16,13-6-7-13)12-19-9-8-18(4)14(2,3)11-19/h13,17H,5-9,11-12H2,1-4H3. The van der Waals surface area contributed by atoms with Gasteiger partial charge in [0, 0.05) is 31.7 Å². The van der Waals surface area contributed by atoms with Gasteiger partial charge in [-0.2, -0.15) is 5.26 Å². The predicted molar refractivity (Wildman–Crippen MR) is 77.9 cm³/mol. The van der Waals surface area contributed by atoms with Crippen molar-refractivity contribution in [2.45, 2.75) is 44.7 Å². The number of rotatable bonds is 5. The van der Waals surface area contributed by atoms with E-state index in [0.29, 0.717) is 5.92 Å². The largest absolute Gasteiger partial charge is 0.299 e. The highest BCUT2D eigenvalue weighted by molar-refractivity contribution is 5.17. The normalized spacial score (nSPS) is 27.7. The molecule has 1 unspecified atom stereocenters. The lowest BCUT2D eigenvalue weighted by molar-refractivity contribution is 0.0279. The second-order valence-corrected chi connectivity index (χ2v) is 6.83. The Balaban J connectivity index is 2.04. The van der Waals surface area contributed by atoms with E-state index in [-0.39, 0.29) is 11.1 Å². The lowest BCUT2D eigenvalue weighted by atomic mass is 9.91. The molecule has 2 aliphatic rings. The lowest BCUT2D eigenvalue weighted by Crippen LogP contribution is -2.62. The van der Waals surface area contributed by atoms with Gasteiger partial charge in [0.2, 0.25) is 0 Å². The van der Waals surface area contributed by atoms with Crippen LogP contribution in [0.4, 0.5) is 0 Å². The summed E-state index contributed by atoms with van der Waals surface area (Å²) in [5.74, 6) is 0.556. The second-order valence-electron chi connectivity index (χ2n) is 6.83. The molecule has 0 amide bonds. The molecule has 1 saturated carbocycles. The fraction of sp³-hybridized carbons (Fsp3) is 0.933. The summed E-state index contributed by atoms with van der Waals surface area (Å²) in [4.78, 5) is 4.89. The van der Waals surface area contributed by atoms with Crippen LogP contribution in [-0.4, -0.2) is 60.6 Å². The monoisotopic (exact) mass is 264 g/mol. The Bertz CT molecular complexity index is 356. The van der Waals surface area contributed by atoms with Crippen LogP contribution in [0, 0.1) is 17.2 Å².